The van der Waals surface area contributed by atoms with E-state index in [-0.39, 0.29) is 30.6 Å². The molecule has 3 N–H and O–H groups in total. The maximum Gasteiger partial charge on any atom is 0.315 e. The summed E-state index contributed by atoms with van der Waals surface area (Å²) in [7, 11) is 0. The highest BCUT2D eigenvalue weighted by Crippen LogP contribution is 2.18. The molecule has 0 aliphatic rings. The quantitative estimate of drug-likeness (QED) is 0.722. The molecule has 1 aromatic rings. The Morgan fingerprint density at radius 1 is 1.17 bits per heavy atom. The van der Waals surface area contributed by atoms with Crippen molar-refractivity contribution in [3.8, 4) is 5.75 Å². The van der Waals surface area contributed by atoms with E-state index in [1.54, 1.807) is 6.92 Å². The molecule has 0 fully saturated rings. The number of rotatable bonds is 7. The van der Waals surface area contributed by atoms with Crippen LogP contribution in [0.15, 0.2) is 24.3 Å². The van der Waals surface area contributed by atoms with Gasteiger partial charge in [0.2, 0.25) is 0 Å². The van der Waals surface area contributed by atoms with Gasteiger partial charge in [0.05, 0.1) is 17.7 Å². The second-order valence-corrected chi connectivity index (χ2v) is 6.80. The summed E-state index contributed by atoms with van der Waals surface area (Å²) in [6, 6.07) is 7.25. The Hall–Kier alpha value is -1.75. The van der Waals surface area contributed by atoms with Crippen LogP contribution in [0, 0.1) is 5.92 Å². The van der Waals surface area contributed by atoms with E-state index >= 15 is 0 Å². The van der Waals surface area contributed by atoms with Crippen LogP contribution in [0.1, 0.15) is 53.1 Å². The second kappa shape index (κ2) is 8.20. The smallest absolute Gasteiger partial charge is 0.315 e. The number of benzene rings is 1. The predicted molar refractivity (Wildman–Crippen MR) is 92.6 cm³/mol. The Morgan fingerprint density at radius 3 is 2.22 bits per heavy atom. The lowest BCUT2D eigenvalue weighted by atomic mass is 9.93. The molecule has 0 aliphatic heterocycles. The van der Waals surface area contributed by atoms with Crippen LogP contribution < -0.4 is 15.4 Å². The van der Waals surface area contributed by atoms with Gasteiger partial charge in [0.1, 0.15) is 5.75 Å². The van der Waals surface area contributed by atoms with E-state index in [2.05, 4.69) is 10.6 Å². The van der Waals surface area contributed by atoms with Gasteiger partial charge in [0.25, 0.3) is 0 Å². The van der Waals surface area contributed by atoms with Crippen molar-refractivity contribution in [2.24, 2.45) is 5.92 Å². The van der Waals surface area contributed by atoms with Crippen LogP contribution in [0.25, 0.3) is 0 Å². The van der Waals surface area contributed by atoms with Crippen molar-refractivity contribution in [2.45, 2.75) is 59.3 Å². The van der Waals surface area contributed by atoms with Crippen LogP contribution in [0.2, 0.25) is 0 Å². The number of hydrogen-bond acceptors (Lipinski definition) is 3. The van der Waals surface area contributed by atoms with Gasteiger partial charge >= 0.3 is 6.03 Å². The highest BCUT2D eigenvalue weighted by Gasteiger charge is 2.25. The fourth-order valence-electron chi connectivity index (χ4n) is 1.90. The fourth-order valence-corrected chi connectivity index (χ4v) is 1.90. The fraction of sp³-hybridized carbons (Fsp3) is 0.611. The Kier molecular flexibility index (Phi) is 6.88. The Balaban J connectivity index is 2.52. The topological polar surface area (TPSA) is 70.6 Å². The average Bonchev–Trinajstić information content (AvgIpc) is 2.45. The molecule has 0 saturated heterocycles. The number of urea groups is 1. The largest absolute Gasteiger partial charge is 0.491 e. The van der Waals surface area contributed by atoms with Gasteiger partial charge in [-0.25, -0.2) is 4.79 Å². The van der Waals surface area contributed by atoms with Crippen LogP contribution in [-0.4, -0.2) is 29.4 Å². The van der Waals surface area contributed by atoms with Gasteiger partial charge in [-0.2, -0.15) is 0 Å². The molecule has 0 aliphatic carbocycles. The summed E-state index contributed by atoms with van der Waals surface area (Å²) < 4.78 is 5.60. The van der Waals surface area contributed by atoms with Gasteiger partial charge in [-0.3, -0.25) is 0 Å². The molecule has 0 spiro atoms. The lowest BCUT2D eigenvalue weighted by Gasteiger charge is -2.28. The summed E-state index contributed by atoms with van der Waals surface area (Å²) in [6.45, 7) is 11.6. The van der Waals surface area contributed by atoms with E-state index in [1.165, 1.54) is 0 Å². The van der Waals surface area contributed by atoms with Gasteiger partial charge in [-0.15, -0.1) is 0 Å². The minimum absolute atomic E-state index is 0.0636. The first-order chi connectivity index (χ1) is 10.6. The molecule has 0 radical (unpaired) electrons. The molecule has 0 aromatic heterocycles. The van der Waals surface area contributed by atoms with Crippen molar-refractivity contribution in [3.05, 3.63) is 29.8 Å². The van der Waals surface area contributed by atoms with Crippen LogP contribution in [-0.2, 0) is 0 Å². The first kappa shape index (κ1) is 19.3. The van der Waals surface area contributed by atoms with Crippen LogP contribution in [0.3, 0.4) is 0 Å². The molecule has 5 heteroatoms. The molecule has 23 heavy (non-hydrogen) atoms. The van der Waals surface area contributed by atoms with Crippen molar-refractivity contribution < 1.29 is 14.6 Å². The number of amides is 2. The summed E-state index contributed by atoms with van der Waals surface area (Å²) in [5, 5.41) is 15.7. The number of carbonyl (C=O) groups is 1. The normalized spacial score (nSPS) is 15.2. The molecular formula is C18H30N2O3. The number of aliphatic hydroxyl groups is 1. The molecule has 2 atom stereocenters. The first-order valence-electron chi connectivity index (χ1n) is 8.15. The third-order valence-electron chi connectivity index (χ3n) is 3.95. The molecule has 2 amide bonds. The Labute approximate surface area is 139 Å². The molecule has 1 rings (SSSR count). The minimum atomic E-state index is -0.920. The van der Waals surface area contributed by atoms with Gasteiger partial charge < -0.3 is 20.5 Å². The second-order valence-electron chi connectivity index (χ2n) is 6.80. The van der Waals surface area contributed by atoms with Gasteiger partial charge in [0, 0.05) is 6.54 Å². The van der Waals surface area contributed by atoms with E-state index < -0.39 is 5.60 Å². The lowest BCUT2D eigenvalue weighted by Crippen LogP contribution is -2.47. The molecule has 5 nitrogen and oxygen atoms in total. The number of nitrogens with one attached hydrogen (secondary N) is 2. The van der Waals surface area contributed by atoms with Crippen molar-refractivity contribution in [1.29, 1.82) is 0 Å². The maximum absolute atomic E-state index is 12.0. The zero-order valence-electron chi connectivity index (χ0n) is 15.0. The number of hydrogen-bond donors (Lipinski definition) is 3. The predicted octanol–water partition coefficient (Wildman–Crippen LogP) is 3.24. The third-order valence-corrected chi connectivity index (χ3v) is 3.95. The highest BCUT2D eigenvalue weighted by molar-refractivity contribution is 5.74. The zero-order chi connectivity index (χ0) is 17.6. The average molecular weight is 322 g/mol. The molecule has 2 unspecified atom stereocenters. The standard InChI is InChI=1S/C18H30N2O3/c1-12(2)18(6,22)11-19-17(21)20-14(5)15-7-9-16(10-8-15)23-13(3)4/h7-10,12-14,22H,11H2,1-6H3,(H2,19,20,21). The Bertz CT molecular complexity index is 495. The van der Waals surface area contributed by atoms with Crippen LogP contribution in [0.4, 0.5) is 4.79 Å². The molecule has 1 aromatic carbocycles. The summed E-state index contributed by atoms with van der Waals surface area (Å²) >= 11 is 0. The summed E-state index contributed by atoms with van der Waals surface area (Å²) in [6.07, 6.45) is 0.135. The third kappa shape index (κ3) is 6.48. The SMILES string of the molecule is CC(C)Oc1ccc(C(C)NC(=O)NCC(C)(O)C(C)C)cc1. The summed E-state index contributed by atoms with van der Waals surface area (Å²) in [5.41, 5.74) is 0.0723. The highest BCUT2D eigenvalue weighted by atomic mass is 16.5. The van der Waals surface area contributed by atoms with E-state index in [9.17, 15) is 9.90 Å². The Morgan fingerprint density at radius 2 is 1.74 bits per heavy atom. The van der Waals surface area contributed by atoms with Crippen molar-refractivity contribution in [2.75, 3.05) is 6.54 Å². The number of carbonyl (C=O) groups excluding carboxylic acids is 1. The molecule has 0 heterocycles. The van der Waals surface area contributed by atoms with Gasteiger partial charge in [0.15, 0.2) is 0 Å². The molecule has 130 valence electrons. The van der Waals surface area contributed by atoms with Gasteiger partial charge in [-0.05, 0) is 51.3 Å². The van der Waals surface area contributed by atoms with Crippen LogP contribution >= 0.6 is 0 Å². The van der Waals surface area contributed by atoms with Crippen LogP contribution in [0.5, 0.6) is 5.75 Å². The lowest BCUT2D eigenvalue weighted by molar-refractivity contribution is 0.0165. The zero-order valence-corrected chi connectivity index (χ0v) is 15.0. The van der Waals surface area contributed by atoms with E-state index in [4.69, 9.17) is 4.74 Å². The first-order valence-corrected chi connectivity index (χ1v) is 8.15. The maximum atomic E-state index is 12.0. The summed E-state index contributed by atoms with van der Waals surface area (Å²) in [4.78, 5) is 12.0. The van der Waals surface area contributed by atoms with Gasteiger partial charge in [-0.1, -0.05) is 26.0 Å². The van der Waals surface area contributed by atoms with E-state index in [0.29, 0.717) is 0 Å². The molecule has 0 bridgehead atoms. The minimum Gasteiger partial charge on any atom is -0.491 e. The van der Waals surface area contributed by atoms with E-state index in [0.717, 1.165) is 11.3 Å². The monoisotopic (exact) mass is 322 g/mol. The number of ether oxygens (including phenoxy) is 1. The molecular weight excluding hydrogens is 292 g/mol. The van der Waals surface area contributed by atoms with Crippen molar-refractivity contribution >= 4 is 6.03 Å². The van der Waals surface area contributed by atoms with Crippen molar-refractivity contribution in [1.82, 2.24) is 10.6 Å². The summed E-state index contributed by atoms with van der Waals surface area (Å²) in [5.74, 6) is 0.877. The molecule has 0 saturated carbocycles. The van der Waals surface area contributed by atoms with Crippen molar-refractivity contribution in [3.63, 3.8) is 0 Å². The van der Waals surface area contributed by atoms with E-state index in [1.807, 2.05) is 58.9 Å².